The third-order valence-corrected chi connectivity index (χ3v) is 6.11. The number of carbonyl (C=O) groups is 1. The zero-order chi connectivity index (χ0) is 20.0. The third kappa shape index (κ3) is 3.13. The highest BCUT2D eigenvalue weighted by Gasteiger charge is 2.24. The lowest BCUT2D eigenvalue weighted by atomic mass is 10.0. The molecule has 6 nitrogen and oxygen atoms in total. The molecule has 5 rings (SSSR count). The Hall–Kier alpha value is -3.32. The topological polar surface area (TPSA) is 67.6 Å². The van der Waals surface area contributed by atoms with Crippen LogP contribution in [0.25, 0.3) is 21.2 Å². The lowest BCUT2D eigenvalue weighted by Gasteiger charge is -2.19. The monoisotopic (exact) mass is 405 g/mol. The van der Waals surface area contributed by atoms with E-state index in [2.05, 4.69) is 22.6 Å². The van der Waals surface area contributed by atoms with Gasteiger partial charge in [0, 0.05) is 41.0 Å². The number of amides is 1. The van der Waals surface area contributed by atoms with Crippen LogP contribution in [0, 0.1) is 0 Å². The predicted molar refractivity (Wildman–Crippen MR) is 112 cm³/mol. The Morgan fingerprint density at radius 1 is 1.28 bits per heavy atom. The fraction of sp³-hybridized carbons (Fsp3) is 0.182. The lowest BCUT2D eigenvalue weighted by molar-refractivity contribution is 0.0733. The summed E-state index contributed by atoms with van der Waals surface area (Å²) in [6.07, 6.45) is 3.28. The quantitative estimate of drug-likeness (QED) is 0.547. The first-order valence-electron chi connectivity index (χ1n) is 9.33. The van der Waals surface area contributed by atoms with Gasteiger partial charge in [0.1, 0.15) is 6.61 Å². The summed E-state index contributed by atoms with van der Waals surface area (Å²) in [6.45, 7) is 1.14. The number of carbonyl (C=O) groups excluding carboxylic acids is 1. The standard InChI is InChI=1S/C22H19N3O3S/c1-24-11-16(10-23-24)22(27)25-6-7-28-21-15(12-25)8-14(9-19(21)26)18-13-29-20-5-3-2-4-17(18)20/h2-5,8-11,13,26H,6-7,12H2,1H3. The van der Waals surface area contributed by atoms with E-state index in [0.29, 0.717) is 31.0 Å². The first-order chi connectivity index (χ1) is 14.1. The second-order valence-corrected chi connectivity index (χ2v) is 8.02. The van der Waals surface area contributed by atoms with Crippen LogP contribution in [0.4, 0.5) is 0 Å². The Kier molecular flexibility index (Phi) is 4.24. The molecule has 4 aromatic rings. The molecule has 0 saturated carbocycles. The number of aromatic nitrogens is 2. The van der Waals surface area contributed by atoms with Gasteiger partial charge in [0.2, 0.25) is 0 Å². The van der Waals surface area contributed by atoms with Gasteiger partial charge in [-0.3, -0.25) is 9.48 Å². The SMILES string of the molecule is Cn1cc(C(=O)N2CCOc3c(O)cc(-c4csc5ccccc45)cc3C2)cn1. The van der Waals surface area contributed by atoms with Gasteiger partial charge in [0.15, 0.2) is 11.5 Å². The summed E-state index contributed by atoms with van der Waals surface area (Å²) in [5.41, 5.74) is 3.32. The van der Waals surface area contributed by atoms with Gasteiger partial charge in [-0.25, -0.2) is 0 Å². The van der Waals surface area contributed by atoms with Crippen molar-refractivity contribution in [2.75, 3.05) is 13.2 Å². The molecule has 2 aromatic carbocycles. The minimum absolute atomic E-state index is 0.0968. The van der Waals surface area contributed by atoms with Crippen LogP contribution in [-0.2, 0) is 13.6 Å². The Bertz CT molecular complexity index is 1230. The van der Waals surface area contributed by atoms with Gasteiger partial charge in [-0.15, -0.1) is 11.3 Å². The van der Waals surface area contributed by atoms with Crippen molar-refractivity contribution in [1.82, 2.24) is 14.7 Å². The molecule has 0 fully saturated rings. The van der Waals surface area contributed by atoms with Gasteiger partial charge >= 0.3 is 0 Å². The van der Waals surface area contributed by atoms with Crippen LogP contribution >= 0.6 is 11.3 Å². The molecule has 146 valence electrons. The summed E-state index contributed by atoms with van der Waals surface area (Å²) in [5, 5.41) is 18.0. The summed E-state index contributed by atoms with van der Waals surface area (Å²) in [5.74, 6) is 0.457. The molecule has 0 unspecified atom stereocenters. The van der Waals surface area contributed by atoms with Crippen molar-refractivity contribution in [2.24, 2.45) is 7.05 Å². The molecule has 0 bridgehead atoms. The normalized spacial score (nSPS) is 13.8. The number of aromatic hydroxyl groups is 1. The molecule has 1 aliphatic heterocycles. The molecule has 0 radical (unpaired) electrons. The van der Waals surface area contributed by atoms with E-state index in [9.17, 15) is 9.90 Å². The molecular formula is C22H19N3O3S. The van der Waals surface area contributed by atoms with Crippen LogP contribution in [0.5, 0.6) is 11.5 Å². The molecule has 7 heteroatoms. The summed E-state index contributed by atoms with van der Waals surface area (Å²) < 4.78 is 8.61. The molecule has 1 aliphatic rings. The predicted octanol–water partition coefficient (Wildman–Crippen LogP) is 4.04. The molecule has 3 heterocycles. The molecule has 0 spiro atoms. The Morgan fingerprint density at radius 2 is 2.14 bits per heavy atom. The van der Waals surface area contributed by atoms with E-state index >= 15 is 0 Å². The lowest BCUT2D eigenvalue weighted by Crippen LogP contribution is -2.32. The summed E-state index contributed by atoms with van der Waals surface area (Å²) in [7, 11) is 1.78. The number of fused-ring (bicyclic) bond motifs is 2. The molecule has 0 saturated heterocycles. The number of benzene rings is 2. The van der Waals surface area contributed by atoms with E-state index in [4.69, 9.17) is 4.74 Å². The van der Waals surface area contributed by atoms with Gasteiger partial charge < -0.3 is 14.7 Å². The second-order valence-electron chi connectivity index (χ2n) is 7.11. The smallest absolute Gasteiger partial charge is 0.257 e. The van der Waals surface area contributed by atoms with Crippen LogP contribution < -0.4 is 4.74 Å². The number of aryl methyl sites for hydroxylation is 1. The molecular weight excluding hydrogens is 386 g/mol. The largest absolute Gasteiger partial charge is 0.504 e. The van der Waals surface area contributed by atoms with Crippen molar-refractivity contribution in [3.05, 3.63) is 65.3 Å². The van der Waals surface area contributed by atoms with E-state index in [-0.39, 0.29) is 11.7 Å². The van der Waals surface area contributed by atoms with Crippen LogP contribution in [-0.4, -0.2) is 38.8 Å². The van der Waals surface area contributed by atoms with E-state index in [1.807, 2.05) is 18.2 Å². The zero-order valence-corrected chi connectivity index (χ0v) is 16.6. The first kappa shape index (κ1) is 17.8. The Morgan fingerprint density at radius 3 is 2.97 bits per heavy atom. The highest BCUT2D eigenvalue weighted by atomic mass is 32.1. The van der Waals surface area contributed by atoms with Crippen molar-refractivity contribution in [3.8, 4) is 22.6 Å². The number of ether oxygens (including phenoxy) is 1. The van der Waals surface area contributed by atoms with Gasteiger partial charge in [-0.05, 0) is 29.1 Å². The maximum atomic E-state index is 12.9. The average Bonchev–Trinajstić information content (AvgIpc) is 3.28. The van der Waals surface area contributed by atoms with E-state index < -0.39 is 0 Å². The highest BCUT2D eigenvalue weighted by molar-refractivity contribution is 7.17. The Labute approximate surface area is 171 Å². The summed E-state index contributed by atoms with van der Waals surface area (Å²) in [6, 6.07) is 12.0. The van der Waals surface area contributed by atoms with Crippen molar-refractivity contribution in [1.29, 1.82) is 0 Å². The number of phenols is 1. The van der Waals surface area contributed by atoms with E-state index in [0.717, 1.165) is 22.1 Å². The number of hydrogen-bond acceptors (Lipinski definition) is 5. The Balaban J connectivity index is 1.54. The number of nitrogens with zero attached hydrogens (tertiary/aromatic N) is 3. The fourth-order valence-corrected chi connectivity index (χ4v) is 4.71. The van der Waals surface area contributed by atoms with Crippen LogP contribution in [0.1, 0.15) is 15.9 Å². The summed E-state index contributed by atoms with van der Waals surface area (Å²) >= 11 is 1.67. The number of phenolic OH excluding ortho intramolecular Hbond substituents is 1. The summed E-state index contributed by atoms with van der Waals surface area (Å²) in [4.78, 5) is 14.6. The minimum atomic E-state index is -0.0968. The maximum Gasteiger partial charge on any atom is 0.257 e. The van der Waals surface area contributed by atoms with Crippen molar-refractivity contribution < 1.29 is 14.6 Å². The van der Waals surface area contributed by atoms with E-state index in [1.165, 1.54) is 4.70 Å². The molecule has 2 aromatic heterocycles. The second kappa shape index (κ2) is 6.93. The van der Waals surface area contributed by atoms with Crippen molar-refractivity contribution in [2.45, 2.75) is 6.54 Å². The van der Waals surface area contributed by atoms with Crippen LogP contribution in [0.15, 0.2) is 54.2 Å². The molecule has 1 amide bonds. The highest BCUT2D eigenvalue weighted by Crippen LogP contribution is 2.41. The fourth-order valence-electron chi connectivity index (χ4n) is 3.74. The number of rotatable bonds is 2. The molecule has 29 heavy (non-hydrogen) atoms. The average molecular weight is 405 g/mol. The molecule has 0 aliphatic carbocycles. The van der Waals surface area contributed by atoms with Gasteiger partial charge in [0.25, 0.3) is 5.91 Å². The van der Waals surface area contributed by atoms with Crippen LogP contribution in [0.3, 0.4) is 0 Å². The minimum Gasteiger partial charge on any atom is -0.504 e. The first-order valence-corrected chi connectivity index (χ1v) is 10.2. The van der Waals surface area contributed by atoms with Gasteiger partial charge in [0.05, 0.1) is 18.3 Å². The van der Waals surface area contributed by atoms with Gasteiger partial charge in [-0.2, -0.15) is 5.10 Å². The van der Waals surface area contributed by atoms with Crippen LogP contribution in [0.2, 0.25) is 0 Å². The van der Waals surface area contributed by atoms with E-state index in [1.54, 1.807) is 46.4 Å². The van der Waals surface area contributed by atoms with Crippen molar-refractivity contribution >= 4 is 27.3 Å². The number of hydrogen-bond donors (Lipinski definition) is 1. The molecule has 1 N–H and O–H groups in total. The van der Waals surface area contributed by atoms with Crippen molar-refractivity contribution in [3.63, 3.8) is 0 Å². The molecule has 0 atom stereocenters. The maximum absolute atomic E-state index is 12.9. The number of thiophene rings is 1. The zero-order valence-electron chi connectivity index (χ0n) is 15.8. The van der Waals surface area contributed by atoms with Gasteiger partial charge in [-0.1, -0.05) is 18.2 Å². The third-order valence-electron chi connectivity index (χ3n) is 5.15.